The van der Waals surface area contributed by atoms with E-state index in [1.807, 2.05) is 22.8 Å². The van der Waals surface area contributed by atoms with Crippen LogP contribution in [0.4, 0.5) is 0 Å². The minimum Gasteiger partial charge on any atom is -0.419 e. The van der Waals surface area contributed by atoms with Crippen LogP contribution in [0, 0.1) is 0 Å². The summed E-state index contributed by atoms with van der Waals surface area (Å²) < 4.78 is 7.97. The summed E-state index contributed by atoms with van der Waals surface area (Å²) in [6.45, 7) is 4.47. The van der Waals surface area contributed by atoms with Crippen LogP contribution >= 0.6 is 23.1 Å². The number of rotatable bonds is 7. The minimum absolute atomic E-state index is 0.531. The Morgan fingerprint density at radius 1 is 1.13 bits per heavy atom. The van der Waals surface area contributed by atoms with Crippen LogP contribution < -0.4 is 0 Å². The van der Waals surface area contributed by atoms with Crippen molar-refractivity contribution in [3.05, 3.63) is 59.6 Å². The van der Waals surface area contributed by atoms with Crippen molar-refractivity contribution < 1.29 is 4.42 Å². The zero-order chi connectivity index (χ0) is 20.3. The van der Waals surface area contributed by atoms with Gasteiger partial charge < -0.3 is 4.42 Å². The number of aromatic nitrogens is 6. The van der Waals surface area contributed by atoms with Crippen molar-refractivity contribution in [2.24, 2.45) is 0 Å². The van der Waals surface area contributed by atoms with Gasteiger partial charge in [-0.1, -0.05) is 17.8 Å². The molecule has 0 amide bonds. The standard InChI is InChI=1S/C21H20N6OS2/c1-2-11-27-19(14-7-9-22-10-8-14)24-26-21(27)29-13-18-23-25-20(28-18)17-12-15-5-3-4-6-16(15)30-17/h2,7-10,12H,1,3-6,11,13H2. The van der Waals surface area contributed by atoms with Gasteiger partial charge in [-0.2, -0.15) is 0 Å². The molecule has 1 aliphatic carbocycles. The molecule has 0 unspecified atom stereocenters. The number of thiophene rings is 1. The third-order valence-electron chi connectivity index (χ3n) is 4.97. The summed E-state index contributed by atoms with van der Waals surface area (Å²) in [5.74, 6) is 2.51. The van der Waals surface area contributed by atoms with Crippen molar-refractivity contribution in [2.45, 2.75) is 43.1 Å². The average Bonchev–Trinajstić information content (AvgIpc) is 3.51. The van der Waals surface area contributed by atoms with Crippen molar-refractivity contribution >= 4 is 23.1 Å². The highest BCUT2D eigenvalue weighted by atomic mass is 32.2. The van der Waals surface area contributed by atoms with Gasteiger partial charge in [0, 0.05) is 29.4 Å². The number of nitrogens with zero attached hydrogens (tertiary/aromatic N) is 6. The van der Waals surface area contributed by atoms with Gasteiger partial charge in [-0.25, -0.2) is 0 Å². The van der Waals surface area contributed by atoms with Gasteiger partial charge in [0.05, 0.1) is 10.6 Å². The highest BCUT2D eigenvalue weighted by Gasteiger charge is 2.19. The Kier molecular flexibility index (Phi) is 5.46. The molecule has 0 aliphatic heterocycles. The van der Waals surface area contributed by atoms with Crippen LogP contribution in [0.3, 0.4) is 0 Å². The molecule has 7 nitrogen and oxygen atoms in total. The molecule has 0 fully saturated rings. The SMILES string of the molecule is C=CCn1c(SCc2nnc(-c3cc4c(s3)CCCC4)o2)nnc1-c1ccncc1. The van der Waals surface area contributed by atoms with E-state index in [2.05, 4.69) is 38.0 Å². The molecule has 30 heavy (non-hydrogen) atoms. The molecule has 4 aromatic heterocycles. The lowest BCUT2D eigenvalue weighted by atomic mass is 9.99. The van der Waals surface area contributed by atoms with Gasteiger partial charge in [0.15, 0.2) is 11.0 Å². The lowest BCUT2D eigenvalue weighted by Crippen LogP contribution is -2.00. The van der Waals surface area contributed by atoms with Crippen LogP contribution in [0.5, 0.6) is 0 Å². The predicted molar refractivity (Wildman–Crippen MR) is 117 cm³/mol. The number of hydrogen-bond acceptors (Lipinski definition) is 8. The predicted octanol–water partition coefficient (Wildman–Crippen LogP) is 4.81. The molecule has 0 saturated carbocycles. The maximum absolute atomic E-state index is 5.94. The van der Waals surface area contributed by atoms with E-state index in [0.717, 1.165) is 34.3 Å². The number of thioether (sulfide) groups is 1. The normalized spacial score (nSPS) is 13.3. The van der Waals surface area contributed by atoms with Gasteiger partial charge in [-0.3, -0.25) is 9.55 Å². The van der Waals surface area contributed by atoms with E-state index in [1.165, 1.54) is 35.0 Å². The number of pyridine rings is 1. The topological polar surface area (TPSA) is 82.5 Å². The molecule has 0 saturated heterocycles. The van der Waals surface area contributed by atoms with E-state index in [4.69, 9.17) is 4.42 Å². The molecule has 0 aromatic carbocycles. The average molecular weight is 437 g/mol. The van der Waals surface area contributed by atoms with Crippen LogP contribution in [0.1, 0.15) is 29.2 Å². The van der Waals surface area contributed by atoms with Crippen LogP contribution in [0.15, 0.2) is 52.8 Å². The smallest absolute Gasteiger partial charge is 0.257 e. The third kappa shape index (κ3) is 3.82. The zero-order valence-electron chi connectivity index (χ0n) is 16.3. The number of fused-ring (bicyclic) bond motifs is 1. The Morgan fingerprint density at radius 3 is 2.83 bits per heavy atom. The summed E-state index contributed by atoms with van der Waals surface area (Å²) in [6, 6.07) is 6.05. The van der Waals surface area contributed by atoms with E-state index in [9.17, 15) is 0 Å². The largest absolute Gasteiger partial charge is 0.419 e. The maximum Gasteiger partial charge on any atom is 0.257 e. The molecular formula is C21H20N6OS2. The third-order valence-corrected chi connectivity index (χ3v) is 7.14. The van der Waals surface area contributed by atoms with E-state index in [-0.39, 0.29) is 0 Å². The lowest BCUT2D eigenvalue weighted by molar-refractivity contribution is 0.529. The Balaban J connectivity index is 1.33. The Morgan fingerprint density at radius 2 is 2.00 bits per heavy atom. The van der Waals surface area contributed by atoms with Gasteiger partial charge in [-0.05, 0) is 49.4 Å². The van der Waals surface area contributed by atoms with Crippen molar-refractivity contribution in [3.63, 3.8) is 0 Å². The second kappa shape index (κ2) is 8.53. The first-order chi connectivity index (χ1) is 14.8. The lowest BCUT2D eigenvalue weighted by Gasteiger charge is -2.08. The summed E-state index contributed by atoms with van der Waals surface area (Å²) in [6.07, 6.45) is 10.2. The summed E-state index contributed by atoms with van der Waals surface area (Å²) in [4.78, 5) is 6.60. The molecule has 1 aliphatic rings. The molecule has 4 aromatic rings. The molecule has 0 bridgehead atoms. The van der Waals surface area contributed by atoms with Crippen molar-refractivity contribution in [2.75, 3.05) is 0 Å². The molecule has 0 radical (unpaired) electrons. The number of aryl methyl sites for hydroxylation is 2. The fourth-order valence-corrected chi connectivity index (χ4v) is 5.50. The Labute approximate surface area is 182 Å². The fourth-order valence-electron chi connectivity index (χ4n) is 3.54. The second-order valence-corrected chi connectivity index (χ2v) is 9.08. The molecule has 9 heteroatoms. The molecule has 4 heterocycles. The highest BCUT2D eigenvalue weighted by Crippen LogP contribution is 2.35. The van der Waals surface area contributed by atoms with Gasteiger partial charge in [0.2, 0.25) is 5.89 Å². The first-order valence-corrected chi connectivity index (χ1v) is 11.6. The van der Waals surface area contributed by atoms with E-state index in [1.54, 1.807) is 23.7 Å². The summed E-state index contributed by atoms with van der Waals surface area (Å²) in [7, 11) is 0. The minimum atomic E-state index is 0.531. The van der Waals surface area contributed by atoms with Gasteiger partial charge in [-0.15, -0.1) is 38.3 Å². The molecule has 0 N–H and O–H groups in total. The number of allylic oxidation sites excluding steroid dienone is 1. The summed E-state index contributed by atoms with van der Waals surface area (Å²) >= 11 is 3.31. The van der Waals surface area contributed by atoms with Gasteiger partial charge in [0.1, 0.15) is 0 Å². The van der Waals surface area contributed by atoms with Crippen molar-refractivity contribution in [1.29, 1.82) is 0 Å². The molecule has 0 atom stereocenters. The monoisotopic (exact) mass is 436 g/mol. The maximum atomic E-state index is 5.94. The van der Waals surface area contributed by atoms with Crippen LogP contribution in [0.2, 0.25) is 0 Å². The first-order valence-electron chi connectivity index (χ1n) is 9.83. The quantitative estimate of drug-likeness (QED) is 0.304. The van der Waals surface area contributed by atoms with Crippen LogP contribution in [-0.4, -0.2) is 29.9 Å². The van der Waals surface area contributed by atoms with Crippen LogP contribution in [0.25, 0.3) is 22.2 Å². The van der Waals surface area contributed by atoms with E-state index >= 15 is 0 Å². The van der Waals surface area contributed by atoms with Gasteiger partial charge in [0.25, 0.3) is 5.89 Å². The zero-order valence-corrected chi connectivity index (χ0v) is 18.0. The highest BCUT2D eigenvalue weighted by molar-refractivity contribution is 7.98. The molecule has 152 valence electrons. The second-order valence-electron chi connectivity index (χ2n) is 7.00. The molecule has 5 rings (SSSR count). The Bertz CT molecular complexity index is 1140. The summed E-state index contributed by atoms with van der Waals surface area (Å²) in [5.41, 5.74) is 2.41. The van der Waals surface area contributed by atoms with E-state index < -0.39 is 0 Å². The van der Waals surface area contributed by atoms with E-state index in [0.29, 0.717) is 24.1 Å². The molecule has 0 spiro atoms. The van der Waals surface area contributed by atoms with Crippen molar-refractivity contribution in [3.8, 4) is 22.2 Å². The van der Waals surface area contributed by atoms with Crippen LogP contribution in [-0.2, 0) is 25.1 Å². The Hall–Kier alpha value is -2.78. The first kappa shape index (κ1) is 19.2. The fraction of sp³-hybridized carbons (Fsp3) is 0.286. The number of hydrogen-bond donors (Lipinski definition) is 0. The van der Waals surface area contributed by atoms with Crippen molar-refractivity contribution in [1.82, 2.24) is 29.9 Å². The molecular weight excluding hydrogens is 416 g/mol. The van der Waals surface area contributed by atoms with Gasteiger partial charge >= 0.3 is 0 Å². The summed E-state index contributed by atoms with van der Waals surface area (Å²) in [5, 5.41) is 18.0.